The molecule has 1 aromatic heterocycles. The SMILES string of the molecule is CCN1CSc2nc(-c3ccc(F)cc3)nn2C1=O. The van der Waals surface area contributed by atoms with Crippen molar-refractivity contribution in [3.05, 3.63) is 30.1 Å². The first-order valence-corrected chi connectivity index (χ1v) is 6.82. The number of carbonyl (C=O) groups excluding carboxylic acids is 1. The fourth-order valence-electron chi connectivity index (χ4n) is 1.79. The van der Waals surface area contributed by atoms with Crippen molar-refractivity contribution in [2.45, 2.75) is 12.1 Å². The third kappa shape index (κ3) is 2.10. The highest BCUT2D eigenvalue weighted by atomic mass is 32.2. The number of thioether (sulfide) groups is 1. The molecular formula is C12H11FN4OS. The molecule has 3 rings (SSSR count). The van der Waals surface area contributed by atoms with E-state index in [9.17, 15) is 9.18 Å². The van der Waals surface area contributed by atoms with Gasteiger partial charge < -0.3 is 4.90 Å². The third-order valence-electron chi connectivity index (χ3n) is 2.86. The first-order valence-electron chi connectivity index (χ1n) is 5.84. The molecule has 0 N–H and O–H groups in total. The van der Waals surface area contributed by atoms with E-state index in [4.69, 9.17) is 0 Å². The molecule has 2 aromatic rings. The summed E-state index contributed by atoms with van der Waals surface area (Å²) in [7, 11) is 0. The minimum Gasteiger partial charge on any atom is -0.313 e. The first kappa shape index (κ1) is 12.2. The van der Waals surface area contributed by atoms with Gasteiger partial charge in [0.25, 0.3) is 0 Å². The van der Waals surface area contributed by atoms with Gasteiger partial charge in [0.1, 0.15) is 5.82 Å². The second-order valence-corrected chi connectivity index (χ2v) is 4.96. The third-order valence-corrected chi connectivity index (χ3v) is 3.83. The lowest BCUT2D eigenvalue weighted by Crippen LogP contribution is -2.38. The number of rotatable bonds is 2. The number of hydrogen-bond acceptors (Lipinski definition) is 4. The summed E-state index contributed by atoms with van der Waals surface area (Å²) in [4.78, 5) is 18.1. The topological polar surface area (TPSA) is 51.0 Å². The standard InChI is InChI=1S/C12H11FN4OS/c1-2-16-7-19-11-14-10(15-17(11)12(16)18)8-3-5-9(13)6-4-8/h3-6H,2,7H2,1H3. The van der Waals surface area contributed by atoms with Gasteiger partial charge in [0, 0.05) is 12.1 Å². The van der Waals surface area contributed by atoms with E-state index >= 15 is 0 Å². The lowest BCUT2D eigenvalue weighted by molar-refractivity contribution is 0.202. The average molecular weight is 278 g/mol. The number of carbonyl (C=O) groups is 1. The molecule has 0 radical (unpaired) electrons. The smallest absolute Gasteiger partial charge is 0.313 e. The van der Waals surface area contributed by atoms with Crippen LogP contribution in [-0.4, -0.2) is 38.1 Å². The molecule has 2 heterocycles. The molecule has 0 saturated heterocycles. The second-order valence-electron chi connectivity index (χ2n) is 4.05. The number of benzene rings is 1. The quantitative estimate of drug-likeness (QED) is 0.846. The van der Waals surface area contributed by atoms with E-state index < -0.39 is 0 Å². The molecule has 5 nitrogen and oxygen atoms in total. The maximum atomic E-state index is 12.9. The summed E-state index contributed by atoms with van der Waals surface area (Å²) in [5.74, 6) is 0.709. The van der Waals surface area contributed by atoms with Crippen molar-refractivity contribution >= 4 is 17.8 Å². The number of nitrogens with zero attached hydrogens (tertiary/aromatic N) is 4. The highest BCUT2D eigenvalue weighted by Gasteiger charge is 2.26. The largest absolute Gasteiger partial charge is 0.347 e. The van der Waals surface area contributed by atoms with Crippen molar-refractivity contribution in [2.24, 2.45) is 0 Å². The molecule has 0 bridgehead atoms. The Morgan fingerprint density at radius 3 is 2.79 bits per heavy atom. The van der Waals surface area contributed by atoms with E-state index in [1.165, 1.54) is 28.6 Å². The molecule has 0 saturated carbocycles. The van der Waals surface area contributed by atoms with Crippen molar-refractivity contribution in [3.63, 3.8) is 0 Å². The van der Waals surface area contributed by atoms with Crippen LogP contribution in [0, 0.1) is 5.82 Å². The van der Waals surface area contributed by atoms with E-state index in [-0.39, 0.29) is 11.8 Å². The van der Waals surface area contributed by atoms with Gasteiger partial charge in [-0.1, -0.05) is 11.8 Å². The van der Waals surface area contributed by atoms with Crippen LogP contribution in [0.25, 0.3) is 11.4 Å². The number of amides is 1. The fourth-order valence-corrected chi connectivity index (χ4v) is 2.74. The van der Waals surface area contributed by atoms with E-state index in [2.05, 4.69) is 10.1 Å². The Labute approximate surface area is 113 Å². The summed E-state index contributed by atoms with van der Waals surface area (Å²) in [5.41, 5.74) is 0.694. The van der Waals surface area contributed by atoms with Crippen LogP contribution >= 0.6 is 11.8 Å². The first-order chi connectivity index (χ1) is 9.19. The van der Waals surface area contributed by atoms with Crippen molar-refractivity contribution in [3.8, 4) is 11.4 Å². The van der Waals surface area contributed by atoms with Gasteiger partial charge in [0.15, 0.2) is 11.0 Å². The van der Waals surface area contributed by atoms with E-state index in [0.29, 0.717) is 29.0 Å². The summed E-state index contributed by atoms with van der Waals surface area (Å²) in [6.45, 7) is 2.55. The molecular weight excluding hydrogens is 267 g/mol. The zero-order chi connectivity index (χ0) is 13.4. The molecule has 0 unspecified atom stereocenters. The van der Waals surface area contributed by atoms with Gasteiger partial charge in [-0.25, -0.2) is 14.2 Å². The minimum atomic E-state index is -0.310. The molecule has 0 atom stereocenters. The zero-order valence-corrected chi connectivity index (χ0v) is 11.0. The van der Waals surface area contributed by atoms with Crippen molar-refractivity contribution in [2.75, 3.05) is 12.4 Å². The summed E-state index contributed by atoms with van der Waals surface area (Å²) < 4.78 is 14.2. The van der Waals surface area contributed by atoms with E-state index in [1.807, 2.05) is 6.92 Å². The molecule has 1 aliphatic rings. The van der Waals surface area contributed by atoms with Crippen LogP contribution in [-0.2, 0) is 0 Å². The molecule has 7 heteroatoms. The van der Waals surface area contributed by atoms with Gasteiger partial charge in [-0.3, -0.25) is 0 Å². The average Bonchev–Trinajstić information content (AvgIpc) is 2.85. The predicted molar refractivity (Wildman–Crippen MR) is 69.3 cm³/mol. The fraction of sp³-hybridized carbons (Fsp3) is 0.250. The summed E-state index contributed by atoms with van der Waals surface area (Å²) in [6, 6.07) is 5.73. The van der Waals surface area contributed by atoms with Gasteiger partial charge in [-0.05, 0) is 31.2 Å². The molecule has 0 aliphatic carbocycles. The zero-order valence-electron chi connectivity index (χ0n) is 10.2. The molecule has 19 heavy (non-hydrogen) atoms. The molecule has 1 aromatic carbocycles. The summed E-state index contributed by atoms with van der Waals surface area (Å²) >= 11 is 1.46. The number of fused-ring (bicyclic) bond motifs is 1. The highest BCUT2D eigenvalue weighted by Crippen LogP contribution is 2.26. The van der Waals surface area contributed by atoms with E-state index in [0.717, 1.165) is 0 Å². The second kappa shape index (κ2) is 4.65. The number of hydrogen-bond donors (Lipinski definition) is 0. The van der Waals surface area contributed by atoms with Gasteiger partial charge in [0.05, 0.1) is 5.88 Å². The van der Waals surface area contributed by atoms with Crippen LogP contribution < -0.4 is 0 Å². The van der Waals surface area contributed by atoms with Gasteiger partial charge in [-0.15, -0.1) is 5.10 Å². The Bertz CT molecular complexity index is 625. The Morgan fingerprint density at radius 2 is 2.11 bits per heavy atom. The monoisotopic (exact) mass is 278 g/mol. The highest BCUT2D eigenvalue weighted by molar-refractivity contribution is 7.99. The Morgan fingerprint density at radius 1 is 1.37 bits per heavy atom. The lowest BCUT2D eigenvalue weighted by Gasteiger charge is -2.23. The normalized spacial score (nSPS) is 14.6. The van der Waals surface area contributed by atoms with Crippen molar-refractivity contribution < 1.29 is 9.18 Å². The van der Waals surface area contributed by atoms with Gasteiger partial charge in [0.2, 0.25) is 0 Å². The van der Waals surface area contributed by atoms with Gasteiger partial charge >= 0.3 is 6.03 Å². The lowest BCUT2D eigenvalue weighted by atomic mass is 10.2. The summed E-state index contributed by atoms with van der Waals surface area (Å²) in [5, 5.41) is 4.78. The molecule has 98 valence electrons. The van der Waals surface area contributed by atoms with Crippen LogP contribution in [0.2, 0.25) is 0 Å². The van der Waals surface area contributed by atoms with Crippen molar-refractivity contribution in [1.82, 2.24) is 19.7 Å². The number of halogens is 1. The minimum absolute atomic E-state index is 0.169. The van der Waals surface area contributed by atoms with Crippen LogP contribution in [0.3, 0.4) is 0 Å². The van der Waals surface area contributed by atoms with Gasteiger partial charge in [-0.2, -0.15) is 4.68 Å². The van der Waals surface area contributed by atoms with Crippen LogP contribution in [0.1, 0.15) is 6.92 Å². The Hall–Kier alpha value is -1.89. The molecule has 1 amide bonds. The van der Waals surface area contributed by atoms with Crippen LogP contribution in [0.15, 0.2) is 29.4 Å². The molecule has 0 spiro atoms. The maximum Gasteiger partial charge on any atom is 0.347 e. The van der Waals surface area contributed by atoms with Crippen LogP contribution in [0.5, 0.6) is 0 Å². The van der Waals surface area contributed by atoms with Crippen molar-refractivity contribution in [1.29, 1.82) is 0 Å². The number of aromatic nitrogens is 3. The van der Waals surface area contributed by atoms with Crippen LogP contribution in [0.4, 0.5) is 9.18 Å². The summed E-state index contributed by atoms with van der Waals surface area (Å²) in [6.07, 6.45) is 0. The Kier molecular flexibility index (Phi) is 2.98. The maximum absolute atomic E-state index is 12.9. The molecule has 0 fully saturated rings. The van der Waals surface area contributed by atoms with E-state index in [1.54, 1.807) is 17.0 Å². The predicted octanol–water partition coefficient (Wildman–Crippen LogP) is 2.44. The Balaban J connectivity index is 1.99. The molecule has 1 aliphatic heterocycles.